The average Bonchev–Trinajstić information content (AvgIpc) is 3.35. The van der Waals surface area contributed by atoms with Crippen LogP contribution in [0.5, 0.6) is 0 Å². The van der Waals surface area contributed by atoms with Crippen molar-refractivity contribution < 1.29 is 22.4 Å². The highest BCUT2D eigenvalue weighted by Gasteiger charge is 2.27. The van der Waals surface area contributed by atoms with Crippen LogP contribution in [-0.4, -0.2) is 62.7 Å². The number of hydrogen-bond donors (Lipinski definition) is 2. The summed E-state index contributed by atoms with van der Waals surface area (Å²) in [7, 11) is -1.61. The average molecular weight is 469 g/mol. The summed E-state index contributed by atoms with van der Waals surface area (Å²) in [5.41, 5.74) is 1.24. The van der Waals surface area contributed by atoms with Gasteiger partial charge in [0.2, 0.25) is 10.0 Å². The van der Waals surface area contributed by atoms with Crippen molar-refractivity contribution in [2.24, 2.45) is 0 Å². The Hall–Kier alpha value is -3.47. The number of carbonyl (C=O) groups excluding carboxylic acids is 2. The van der Waals surface area contributed by atoms with Crippen LogP contribution in [0.3, 0.4) is 0 Å². The van der Waals surface area contributed by atoms with Gasteiger partial charge in [-0.3, -0.25) is 9.59 Å². The zero-order chi connectivity index (χ0) is 23.4. The standard InChI is InChI=1S/C23H24N4O5S/c1-26-11-13-27(14-12-26)33(30,31)20-9-7-18(8-10-20)24-22(28)17-4-2-5-19(16-17)25-23(29)21-6-3-15-32-21/h2-10,15-16H,11-14H2,1H3,(H,24,28)(H,25,29). The Morgan fingerprint density at radius 2 is 1.55 bits per heavy atom. The molecule has 3 aromatic rings. The third kappa shape index (κ3) is 5.30. The highest BCUT2D eigenvalue weighted by molar-refractivity contribution is 7.89. The summed E-state index contributed by atoms with van der Waals surface area (Å²) in [6, 6.07) is 15.7. The van der Waals surface area contributed by atoms with E-state index in [1.165, 1.54) is 22.7 Å². The lowest BCUT2D eigenvalue weighted by molar-refractivity contribution is 0.0993. The number of likely N-dealkylation sites (N-methyl/N-ethyl adjacent to an activating group) is 1. The number of sulfonamides is 1. The maximum atomic E-state index is 12.8. The van der Waals surface area contributed by atoms with E-state index in [1.807, 2.05) is 7.05 Å². The second-order valence-electron chi connectivity index (χ2n) is 7.70. The first-order valence-electron chi connectivity index (χ1n) is 10.4. The maximum Gasteiger partial charge on any atom is 0.291 e. The van der Waals surface area contributed by atoms with E-state index in [0.717, 1.165) is 0 Å². The van der Waals surface area contributed by atoms with Crippen LogP contribution >= 0.6 is 0 Å². The van der Waals surface area contributed by atoms with Crippen LogP contribution in [-0.2, 0) is 10.0 Å². The van der Waals surface area contributed by atoms with Crippen molar-refractivity contribution in [3.63, 3.8) is 0 Å². The number of anilines is 2. The molecule has 2 amide bonds. The van der Waals surface area contributed by atoms with Gasteiger partial charge in [0.25, 0.3) is 11.8 Å². The smallest absolute Gasteiger partial charge is 0.291 e. The molecule has 0 spiro atoms. The van der Waals surface area contributed by atoms with E-state index in [0.29, 0.717) is 43.1 Å². The minimum atomic E-state index is -3.57. The monoisotopic (exact) mass is 468 g/mol. The van der Waals surface area contributed by atoms with Crippen LogP contribution in [0.15, 0.2) is 76.2 Å². The number of nitrogens with one attached hydrogen (secondary N) is 2. The molecule has 1 aromatic heterocycles. The number of hydrogen-bond acceptors (Lipinski definition) is 6. The topological polar surface area (TPSA) is 112 Å². The van der Waals surface area contributed by atoms with E-state index in [9.17, 15) is 18.0 Å². The summed E-state index contributed by atoms with van der Waals surface area (Å²) in [6.45, 7) is 2.27. The molecule has 0 atom stereocenters. The number of furan rings is 1. The molecule has 172 valence electrons. The maximum absolute atomic E-state index is 12.8. The molecule has 1 fully saturated rings. The number of nitrogens with zero attached hydrogens (tertiary/aromatic N) is 2. The number of piperazine rings is 1. The van der Waals surface area contributed by atoms with Gasteiger partial charge in [-0.15, -0.1) is 0 Å². The van der Waals surface area contributed by atoms with Crippen LogP contribution < -0.4 is 10.6 Å². The molecule has 0 unspecified atom stereocenters. The minimum Gasteiger partial charge on any atom is -0.459 e. The predicted octanol–water partition coefficient (Wildman–Crippen LogP) is 2.72. The van der Waals surface area contributed by atoms with E-state index in [2.05, 4.69) is 15.5 Å². The van der Waals surface area contributed by atoms with Crippen molar-refractivity contribution in [2.45, 2.75) is 4.90 Å². The summed E-state index contributed by atoms with van der Waals surface area (Å²) in [6.07, 6.45) is 1.40. The lowest BCUT2D eigenvalue weighted by atomic mass is 10.1. The van der Waals surface area contributed by atoms with Crippen LogP contribution in [0.25, 0.3) is 0 Å². The molecule has 2 N–H and O–H groups in total. The van der Waals surface area contributed by atoms with Gasteiger partial charge in [0.15, 0.2) is 5.76 Å². The van der Waals surface area contributed by atoms with Crippen LogP contribution in [0.2, 0.25) is 0 Å². The molecular formula is C23H24N4O5S. The van der Waals surface area contributed by atoms with Gasteiger partial charge in [0, 0.05) is 43.1 Å². The molecule has 2 aromatic carbocycles. The fourth-order valence-corrected chi connectivity index (χ4v) is 4.85. The van der Waals surface area contributed by atoms with Gasteiger partial charge in [-0.05, 0) is 61.6 Å². The Bertz CT molecular complexity index is 1230. The van der Waals surface area contributed by atoms with Crippen molar-refractivity contribution >= 4 is 33.2 Å². The SMILES string of the molecule is CN1CCN(S(=O)(=O)c2ccc(NC(=O)c3cccc(NC(=O)c4ccco4)c3)cc2)CC1. The second-order valence-corrected chi connectivity index (χ2v) is 9.64. The molecule has 0 saturated carbocycles. The van der Waals surface area contributed by atoms with Crippen molar-refractivity contribution in [3.8, 4) is 0 Å². The van der Waals surface area contributed by atoms with Crippen molar-refractivity contribution in [1.29, 1.82) is 0 Å². The van der Waals surface area contributed by atoms with E-state index in [-0.39, 0.29) is 10.7 Å². The summed E-state index contributed by atoms with van der Waals surface area (Å²) < 4.78 is 32.2. The first-order chi connectivity index (χ1) is 15.8. The van der Waals surface area contributed by atoms with Gasteiger partial charge in [-0.2, -0.15) is 4.31 Å². The van der Waals surface area contributed by atoms with Gasteiger partial charge in [-0.1, -0.05) is 6.07 Å². The number of rotatable bonds is 6. The summed E-state index contributed by atoms with van der Waals surface area (Å²) in [5, 5.41) is 5.42. The van der Waals surface area contributed by atoms with E-state index >= 15 is 0 Å². The zero-order valence-electron chi connectivity index (χ0n) is 18.0. The molecule has 33 heavy (non-hydrogen) atoms. The highest BCUT2D eigenvalue weighted by Crippen LogP contribution is 2.21. The van der Waals surface area contributed by atoms with Crippen molar-refractivity contribution in [1.82, 2.24) is 9.21 Å². The molecule has 10 heteroatoms. The van der Waals surface area contributed by atoms with Crippen molar-refractivity contribution in [3.05, 3.63) is 78.3 Å². The Balaban J connectivity index is 1.41. The fourth-order valence-electron chi connectivity index (χ4n) is 3.43. The molecule has 0 radical (unpaired) electrons. The van der Waals surface area contributed by atoms with Gasteiger partial charge in [-0.25, -0.2) is 8.42 Å². The molecule has 1 aliphatic heterocycles. The minimum absolute atomic E-state index is 0.163. The number of carbonyl (C=O) groups is 2. The van der Waals surface area contributed by atoms with Gasteiger partial charge in [0.1, 0.15) is 0 Å². The normalized spacial score (nSPS) is 15.2. The first-order valence-corrected chi connectivity index (χ1v) is 11.8. The van der Waals surface area contributed by atoms with Gasteiger partial charge in [0.05, 0.1) is 11.2 Å². The summed E-state index contributed by atoms with van der Waals surface area (Å²) in [5.74, 6) is -0.648. The third-order valence-electron chi connectivity index (χ3n) is 5.34. The molecule has 0 bridgehead atoms. The van der Waals surface area contributed by atoms with Crippen molar-refractivity contribution in [2.75, 3.05) is 43.9 Å². The molecule has 1 saturated heterocycles. The predicted molar refractivity (Wildman–Crippen MR) is 124 cm³/mol. The second kappa shape index (κ2) is 9.57. The molecule has 2 heterocycles. The first kappa shape index (κ1) is 22.7. The lowest BCUT2D eigenvalue weighted by Crippen LogP contribution is -2.46. The zero-order valence-corrected chi connectivity index (χ0v) is 18.8. The Kier molecular flexibility index (Phi) is 6.59. The number of amides is 2. The van der Waals surface area contributed by atoms with Gasteiger partial charge >= 0.3 is 0 Å². The fraction of sp³-hybridized carbons (Fsp3) is 0.217. The highest BCUT2D eigenvalue weighted by atomic mass is 32.2. The largest absolute Gasteiger partial charge is 0.459 e. The molecule has 0 aliphatic carbocycles. The lowest BCUT2D eigenvalue weighted by Gasteiger charge is -2.31. The molecule has 1 aliphatic rings. The molecular weight excluding hydrogens is 444 g/mol. The van der Waals surface area contributed by atoms with Crippen LogP contribution in [0.4, 0.5) is 11.4 Å². The Labute approximate surface area is 192 Å². The van der Waals surface area contributed by atoms with E-state index in [1.54, 1.807) is 48.5 Å². The van der Waals surface area contributed by atoms with E-state index < -0.39 is 21.8 Å². The Morgan fingerprint density at radius 3 is 2.21 bits per heavy atom. The third-order valence-corrected chi connectivity index (χ3v) is 7.25. The van der Waals surface area contributed by atoms with Gasteiger partial charge < -0.3 is 20.0 Å². The summed E-state index contributed by atoms with van der Waals surface area (Å²) >= 11 is 0. The van der Waals surface area contributed by atoms with E-state index in [4.69, 9.17) is 4.42 Å². The Morgan fingerprint density at radius 1 is 0.848 bits per heavy atom. The number of benzene rings is 2. The summed E-state index contributed by atoms with van der Waals surface area (Å²) in [4.78, 5) is 27.1. The van der Waals surface area contributed by atoms with Crippen LogP contribution in [0, 0.1) is 0 Å². The van der Waals surface area contributed by atoms with Crippen LogP contribution in [0.1, 0.15) is 20.9 Å². The molecule has 4 rings (SSSR count). The molecule has 9 nitrogen and oxygen atoms in total. The quantitative estimate of drug-likeness (QED) is 0.575.